The van der Waals surface area contributed by atoms with Crippen molar-refractivity contribution in [2.75, 3.05) is 0 Å². The van der Waals surface area contributed by atoms with Crippen LogP contribution in [0.25, 0.3) is 33.0 Å². The second-order valence-electron chi connectivity index (χ2n) is 5.84. The molecule has 0 N–H and O–H groups in total. The maximum Gasteiger partial charge on any atom is 0.259 e. The van der Waals surface area contributed by atoms with Gasteiger partial charge in [0.05, 0.1) is 12.5 Å². The molecule has 0 atom stereocenters. The van der Waals surface area contributed by atoms with Crippen molar-refractivity contribution in [1.82, 2.24) is 4.57 Å². The fourth-order valence-corrected chi connectivity index (χ4v) is 3.15. The first kappa shape index (κ1) is 15.0. The monoisotopic (exact) mass is 326 g/mol. The molecule has 0 fully saturated rings. The number of nitrogens with zero attached hydrogens (tertiary/aromatic N) is 2. The lowest BCUT2D eigenvalue weighted by atomic mass is 9.95. The van der Waals surface area contributed by atoms with Crippen molar-refractivity contribution in [3.63, 3.8) is 0 Å². The van der Waals surface area contributed by atoms with E-state index >= 15 is 0 Å². The molecule has 2 aromatic carbocycles. The van der Waals surface area contributed by atoms with E-state index in [0.29, 0.717) is 11.1 Å². The highest BCUT2D eigenvalue weighted by Crippen LogP contribution is 2.33. The summed E-state index contributed by atoms with van der Waals surface area (Å²) in [5.41, 5.74) is 3.73. The van der Waals surface area contributed by atoms with Crippen molar-refractivity contribution >= 4 is 10.8 Å². The normalized spacial score (nSPS) is 10.7. The largest absolute Gasteiger partial charge is 0.472 e. The van der Waals surface area contributed by atoms with Gasteiger partial charge in [-0.1, -0.05) is 36.4 Å². The SMILES string of the molecule is Cn1c(C#N)c(-c2ccccc2)c2cc(-c3ccoc3)ccc2c1=O. The third-order valence-corrected chi connectivity index (χ3v) is 4.42. The Morgan fingerprint density at radius 3 is 2.44 bits per heavy atom. The summed E-state index contributed by atoms with van der Waals surface area (Å²) in [5, 5.41) is 11.0. The number of hydrogen-bond donors (Lipinski definition) is 0. The average molecular weight is 326 g/mol. The Kier molecular flexibility index (Phi) is 3.48. The Hall–Kier alpha value is -3.58. The number of benzene rings is 2. The minimum absolute atomic E-state index is 0.176. The van der Waals surface area contributed by atoms with Gasteiger partial charge in [-0.2, -0.15) is 5.26 Å². The highest BCUT2D eigenvalue weighted by atomic mass is 16.3. The van der Waals surface area contributed by atoms with Gasteiger partial charge in [0.25, 0.3) is 5.56 Å². The fraction of sp³-hybridized carbons (Fsp3) is 0.0476. The minimum Gasteiger partial charge on any atom is -0.472 e. The van der Waals surface area contributed by atoms with Crippen LogP contribution in [0.3, 0.4) is 0 Å². The Morgan fingerprint density at radius 2 is 1.76 bits per heavy atom. The molecule has 25 heavy (non-hydrogen) atoms. The number of pyridine rings is 1. The number of hydrogen-bond acceptors (Lipinski definition) is 3. The molecule has 2 heterocycles. The summed E-state index contributed by atoms with van der Waals surface area (Å²) >= 11 is 0. The van der Waals surface area contributed by atoms with Crippen LogP contribution in [0.2, 0.25) is 0 Å². The van der Waals surface area contributed by atoms with Crippen LogP contribution in [0.15, 0.2) is 76.3 Å². The maximum absolute atomic E-state index is 12.7. The second kappa shape index (κ2) is 5.81. The first-order chi connectivity index (χ1) is 12.2. The quantitative estimate of drug-likeness (QED) is 0.550. The van der Waals surface area contributed by atoms with Crippen LogP contribution in [0, 0.1) is 11.3 Å². The molecule has 4 nitrogen and oxygen atoms in total. The van der Waals surface area contributed by atoms with Crippen LogP contribution in [0.4, 0.5) is 0 Å². The Labute approximate surface area is 144 Å². The molecule has 0 saturated heterocycles. The van der Waals surface area contributed by atoms with Crippen molar-refractivity contribution in [3.05, 3.63) is 83.2 Å². The third-order valence-electron chi connectivity index (χ3n) is 4.42. The molecule has 0 aliphatic rings. The standard InChI is InChI=1S/C21H14N2O2/c1-23-19(12-22)20(14-5-3-2-4-6-14)18-11-15(16-9-10-25-13-16)7-8-17(18)21(23)24/h2-11,13H,1H3. The zero-order chi connectivity index (χ0) is 17.4. The molecule has 0 unspecified atom stereocenters. The van der Waals surface area contributed by atoms with E-state index < -0.39 is 0 Å². The van der Waals surface area contributed by atoms with Crippen molar-refractivity contribution < 1.29 is 4.42 Å². The van der Waals surface area contributed by atoms with Crippen molar-refractivity contribution in [2.45, 2.75) is 0 Å². The van der Waals surface area contributed by atoms with E-state index in [0.717, 1.165) is 27.6 Å². The molecule has 120 valence electrons. The zero-order valence-corrected chi connectivity index (χ0v) is 13.6. The second-order valence-corrected chi connectivity index (χ2v) is 5.84. The van der Waals surface area contributed by atoms with Gasteiger partial charge in [-0.15, -0.1) is 0 Å². The Bertz CT molecular complexity index is 1160. The van der Waals surface area contributed by atoms with Crippen LogP contribution < -0.4 is 5.56 Å². The maximum atomic E-state index is 12.7. The summed E-state index contributed by atoms with van der Waals surface area (Å²) in [6, 6.07) is 19.4. The van der Waals surface area contributed by atoms with Gasteiger partial charge in [0.2, 0.25) is 0 Å². The van der Waals surface area contributed by atoms with Gasteiger partial charge in [0.15, 0.2) is 0 Å². The summed E-state index contributed by atoms with van der Waals surface area (Å²) in [5.74, 6) is 0. The Balaban J connectivity index is 2.16. The summed E-state index contributed by atoms with van der Waals surface area (Å²) in [6.07, 6.45) is 3.28. The summed E-state index contributed by atoms with van der Waals surface area (Å²) < 4.78 is 6.58. The predicted octanol–water partition coefficient (Wildman–Crippen LogP) is 4.34. The number of nitriles is 1. The number of aromatic nitrogens is 1. The Morgan fingerprint density at radius 1 is 0.960 bits per heavy atom. The fourth-order valence-electron chi connectivity index (χ4n) is 3.15. The molecule has 0 spiro atoms. The van der Waals surface area contributed by atoms with E-state index in [2.05, 4.69) is 6.07 Å². The summed E-state index contributed by atoms with van der Waals surface area (Å²) in [7, 11) is 1.64. The third kappa shape index (κ3) is 2.34. The molecule has 4 aromatic rings. The lowest BCUT2D eigenvalue weighted by Crippen LogP contribution is -2.20. The van der Waals surface area contributed by atoms with Gasteiger partial charge < -0.3 is 8.98 Å². The molecular weight excluding hydrogens is 312 g/mol. The molecule has 4 heteroatoms. The lowest BCUT2D eigenvalue weighted by molar-refractivity contribution is 0.568. The minimum atomic E-state index is -0.176. The van der Waals surface area contributed by atoms with Gasteiger partial charge in [-0.25, -0.2) is 0 Å². The number of rotatable bonds is 2. The smallest absolute Gasteiger partial charge is 0.259 e. The van der Waals surface area contributed by atoms with E-state index in [1.807, 2.05) is 54.6 Å². The highest BCUT2D eigenvalue weighted by Gasteiger charge is 2.17. The summed E-state index contributed by atoms with van der Waals surface area (Å²) in [6.45, 7) is 0. The van der Waals surface area contributed by atoms with Crippen LogP contribution in [0.1, 0.15) is 5.69 Å². The van der Waals surface area contributed by atoms with Gasteiger partial charge in [-0.05, 0) is 34.7 Å². The molecule has 2 aromatic heterocycles. The molecular formula is C21H14N2O2. The topological polar surface area (TPSA) is 58.9 Å². The van der Waals surface area contributed by atoms with E-state index in [1.165, 1.54) is 4.57 Å². The van der Waals surface area contributed by atoms with Gasteiger partial charge in [0.1, 0.15) is 11.8 Å². The molecule has 0 amide bonds. The van der Waals surface area contributed by atoms with Crippen molar-refractivity contribution in [1.29, 1.82) is 5.26 Å². The van der Waals surface area contributed by atoms with E-state index in [1.54, 1.807) is 19.6 Å². The molecule has 0 aliphatic heterocycles. The number of fused-ring (bicyclic) bond motifs is 1. The van der Waals surface area contributed by atoms with Crippen LogP contribution in [-0.2, 0) is 7.05 Å². The first-order valence-corrected chi connectivity index (χ1v) is 7.85. The molecule has 4 rings (SSSR count). The number of furan rings is 1. The van der Waals surface area contributed by atoms with Gasteiger partial charge in [0, 0.05) is 23.6 Å². The summed E-state index contributed by atoms with van der Waals surface area (Å²) in [4.78, 5) is 12.7. The van der Waals surface area contributed by atoms with Crippen LogP contribution in [-0.4, -0.2) is 4.57 Å². The predicted molar refractivity (Wildman–Crippen MR) is 97.0 cm³/mol. The highest BCUT2D eigenvalue weighted by molar-refractivity contribution is 6.00. The average Bonchev–Trinajstić information content (AvgIpc) is 3.19. The van der Waals surface area contributed by atoms with E-state index in [4.69, 9.17) is 4.42 Å². The molecule has 0 radical (unpaired) electrons. The first-order valence-electron chi connectivity index (χ1n) is 7.85. The van der Waals surface area contributed by atoms with Crippen molar-refractivity contribution in [3.8, 4) is 28.3 Å². The molecule has 0 aliphatic carbocycles. The van der Waals surface area contributed by atoms with Crippen LogP contribution >= 0.6 is 0 Å². The van der Waals surface area contributed by atoms with Crippen LogP contribution in [0.5, 0.6) is 0 Å². The lowest BCUT2D eigenvalue weighted by Gasteiger charge is -2.14. The van der Waals surface area contributed by atoms with E-state index in [-0.39, 0.29) is 5.56 Å². The van der Waals surface area contributed by atoms with E-state index in [9.17, 15) is 10.1 Å². The van der Waals surface area contributed by atoms with Gasteiger partial charge in [-0.3, -0.25) is 4.79 Å². The van der Waals surface area contributed by atoms with Crippen molar-refractivity contribution in [2.24, 2.45) is 7.05 Å². The van der Waals surface area contributed by atoms with Gasteiger partial charge >= 0.3 is 0 Å². The zero-order valence-electron chi connectivity index (χ0n) is 13.6. The molecule has 0 saturated carbocycles. The molecule has 0 bridgehead atoms.